The molecule has 0 aromatic heterocycles. The second kappa shape index (κ2) is 3.02. The molecule has 5 heteroatoms. The molecule has 0 heterocycles. The quantitative estimate of drug-likeness (QED) is 0.694. The SMILES string of the molecule is [NH3+]c1ccc(OC(F)(F)F)cc1. The molecule has 0 aliphatic carbocycles. The van der Waals surface area contributed by atoms with E-state index >= 15 is 0 Å². The van der Waals surface area contributed by atoms with Crippen LogP contribution >= 0.6 is 0 Å². The van der Waals surface area contributed by atoms with Gasteiger partial charge in [-0.3, -0.25) is 0 Å². The number of halogens is 3. The van der Waals surface area contributed by atoms with E-state index in [1.807, 2.05) is 0 Å². The highest BCUT2D eigenvalue weighted by atomic mass is 19.4. The lowest BCUT2D eigenvalue weighted by atomic mass is 10.3. The molecule has 0 bridgehead atoms. The predicted octanol–water partition coefficient (Wildman–Crippen LogP) is 1.46. The average Bonchev–Trinajstić information content (AvgIpc) is 1.91. The van der Waals surface area contributed by atoms with Crippen molar-refractivity contribution in [2.24, 2.45) is 0 Å². The van der Waals surface area contributed by atoms with Crippen LogP contribution in [0.1, 0.15) is 0 Å². The van der Waals surface area contributed by atoms with Crippen LogP contribution < -0.4 is 10.5 Å². The van der Waals surface area contributed by atoms with Gasteiger partial charge in [-0.2, -0.15) is 0 Å². The van der Waals surface area contributed by atoms with E-state index in [2.05, 4.69) is 10.5 Å². The van der Waals surface area contributed by atoms with Crippen LogP contribution in [0.15, 0.2) is 24.3 Å². The first-order chi connectivity index (χ1) is 5.47. The van der Waals surface area contributed by atoms with Crippen molar-refractivity contribution in [1.82, 2.24) is 0 Å². The van der Waals surface area contributed by atoms with Gasteiger partial charge in [0, 0.05) is 12.1 Å². The van der Waals surface area contributed by atoms with E-state index in [0.717, 1.165) is 0 Å². The van der Waals surface area contributed by atoms with Gasteiger partial charge in [0.2, 0.25) is 0 Å². The van der Waals surface area contributed by atoms with Crippen molar-refractivity contribution in [3.05, 3.63) is 24.3 Å². The van der Waals surface area contributed by atoms with Gasteiger partial charge in [-0.25, -0.2) is 0 Å². The molecular formula is C7H7F3NO+. The number of ether oxygens (including phenoxy) is 1. The molecular weight excluding hydrogens is 171 g/mol. The van der Waals surface area contributed by atoms with Crippen molar-refractivity contribution in [3.63, 3.8) is 0 Å². The van der Waals surface area contributed by atoms with Gasteiger partial charge >= 0.3 is 6.36 Å². The van der Waals surface area contributed by atoms with Crippen LogP contribution in [0.5, 0.6) is 5.75 Å². The molecule has 12 heavy (non-hydrogen) atoms. The number of quaternary nitrogens is 1. The summed E-state index contributed by atoms with van der Waals surface area (Å²) in [4.78, 5) is 0. The molecule has 3 N–H and O–H groups in total. The van der Waals surface area contributed by atoms with E-state index in [-0.39, 0.29) is 5.75 Å². The topological polar surface area (TPSA) is 36.9 Å². The first-order valence-corrected chi connectivity index (χ1v) is 3.15. The van der Waals surface area contributed by atoms with Crippen LogP contribution in [0.4, 0.5) is 18.9 Å². The Morgan fingerprint density at radius 2 is 1.58 bits per heavy atom. The molecule has 0 spiro atoms. The molecule has 1 aromatic rings. The zero-order valence-corrected chi connectivity index (χ0v) is 6.06. The standard InChI is InChI=1S/C7H6F3NO/c8-7(9,10)12-6-3-1-5(11)2-4-6/h1-4H,11H2/p+1. The summed E-state index contributed by atoms with van der Waals surface area (Å²) < 4.78 is 38.4. The van der Waals surface area contributed by atoms with Crippen molar-refractivity contribution in [3.8, 4) is 5.75 Å². The molecule has 0 atom stereocenters. The van der Waals surface area contributed by atoms with E-state index in [0.29, 0.717) is 5.69 Å². The highest BCUT2D eigenvalue weighted by Crippen LogP contribution is 2.22. The lowest BCUT2D eigenvalue weighted by molar-refractivity contribution is -0.275. The molecule has 0 radical (unpaired) electrons. The summed E-state index contributed by atoms with van der Waals surface area (Å²) in [6.07, 6.45) is -4.62. The third-order valence-corrected chi connectivity index (χ3v) is 1.16. The van der Waals surface area contributed by atoms with Crippen molar-refractivity contribution < 1.29 is 23.6 Å². The summed E-state index contributed by atoms with van der Waals surface area (Å²) in [6, 6.07) is 5.33. The lowest BCUT2D eigenvalue weighted by Crippen LogP contribution is -2.39. The molecule has 0 aliphatic rings. The largest absolute Gasteiger partial charge is 0.573 e. The minimum absolute atomic E-state index is 0.227. The number of rotatable bonds is 1. The summed E-state index contributed by atoms with van der Waals surface area (Å²) in [5.74, 6) is -0.227. The van der Waals surface area contributed by atoms with Crippen LogP contribution in [0.2, 0.25) is 0 Å². The number of alkyl halides is 3. The monoisotopic (exact) mass is 178 g/mol. The molecule has 66 valence electrons. The smallest absolute Gasteiger partial charge is 0.406 e. The zero-order valence-electron chi connectivity index (χ0n) is 6.06. The Kier molecular flexibility index (Phi) is 2.23. The summed E-state index contributed by atoms with van der Waals surface area (Å²) >= 11 is 0. The molecule has 1 rings (SSSR count). The van der Waals surface area contributed by atoms with Crippen LogP contribution in [-0.4, -0.2) is 6.36 Å². The Bertz CT molecular complexity index is 254. The Labute approximate surface area is 66.7 Å². The third kappa shape index (κ3) is 2.79. The van der Waals surface area contributed by atoms with Gasteiger partial charge < -0.3 is 10.5 Å². The summed E-state index contributed by atoms with van der Waals surface area (Å²) in [7, 11) is 0. The van der Waals surface area contributed by atoms with Gasteiger partial charge in [0.25, 0.3) is 0 Å². The molecule has 0 saturated carbocycles. The number of benzene rings is 1. The minimum atomic E-state index is -4.62. The number of hydrogen-bond donors (Lipinski definition) is 1. The fourth-order valence-electron chi connectivity index (χ4n) is 0.691. The average molecular weight is 178 g/mol. The van der Waals surface area contributed by atoms with Gasteiger partial charge in [-0.05, 0) is 12.1 Å². The fourth-order valence-corrected chi connectivity index (χ4v) is 0.691. The number of hydrogen-bond acceptors (Lipinski definition) is 1. The molecule has 0 amide bonds. The Hall–Kier alpha value is -1.23. The van der Waals surface area contributed by atoms with E-state index < -0.39 is 6.36 Å². The lowest BCUT2D eigenvalue weighted by Gasteiger charge is -2.07. The molecule has 0 unspecified atom stereocenters. The maximum atomic E-state index is 11.6. The molecule has 1 aromatic carbocycles. The summed E-state index contributed by atoms with van der Waals surface area (Å²) in [5, 5.41) is 0. The van der Waals surface area contributed by atoms with Gasteiger partial charge in [0.1, 0.15) is 11.4 Å². The highest BCUT2D eigenvalue weighted by Gasteiger charge is 2.30. The van der Waals surface area contributed by atoms with E-state index in [1.165, 1.54) is 24.3 Å². The van der Waals surface area contributed by atoms with Crippen LogP contribution in [0, 0.1) is 0 Å². The Morgan fingerprint density at radius 3 is 2.00 bits per heavy atom. The van der Waals surface area contributed by atoms with Crippen molar-refractivity contribution in [1.29, 1.82) is 0 Å². The van der Waals surface area contributed by atoms with Gasteiger partial charge in [0.05, 0.1) is 0 Å². The first kappa shape index (κ1) is 8.86. The summed E-state index contributed by atoms with van der Waals surface area (Å²) in [6.45, 7) is 0. The maximum absolute atomic E-state index is 11.6. The van der Waals surface area contributed by atoms with Crippen LogP contribution in [0.25, 0.3) is 0 Å². The molecule has 0 saturated heterocycles. The summed E-state index contributed by atoms with van der Waals surface area (Å²) in [5.41, 5.74) is 4.16. The zero-order chi connectivity index (χ0) is 9.19. The first-order valence-electron chi connectivity index (χ1n) is 3.15. The second-order valence-corrected chi connectivity index (χ2v) is 2.19. The van der Waals surface area contributed by atoms with Crippen LogP contribution in [-0.2, 0) is 0 Å². The van der Waals surface area contributed by atoms with Gasteiger partial charge in [-0.15, -0.1) is 13.2 Å². The minimum Gasteiger partial charge on any atom is -0.406 e. The molecule has 0 fully saturated rings. The predicted molar refractivity (Wildman–Crippen MR) is 35.7 cm³/mol. The Morgan fingerprint density at radius 1 is 1.08 bits per heavy atom. The van der Waals surface area contributed by atoms with E-state index in [4.69, 9.17) is 0 Å². The maximum Gasteiger partial charge on any atom is 0.573 e. The second-order valence-electron chi connectivity index (χ2n) is 2.19. The Balaban J connectivity index is 2.71. The van der Waals surface area contributed by atoms with Gasteiger partial charge in [-0.1, -0.05) is 0 Å². The molecule has 0 aliphatic heterocycles. The third-order valence-electron chi connectivity index (χ3n) is 1.16. The van der Waals surface area contributed by atoms with Gasteiger partial charge in [0.15, 0.2) is 0 Å². The highest BCUT2D eigenvalue weighted by molar-refractivity contribution is 5.34. The van der Waals surface area contributed by atoms with Crippen LogP contribution in [0.3, 0.4) is 0 Å². The normalized spacial score (nSPS) is 11.3. The fraction of sp³-hybridized carbons (Fsp3) is 0.143. The van der Waals surface area contributed by atoms with Crippen molar-refractivity contribution in [2.45, 2.75) is 6.36 Å². The van der Waals surface area contributed by atoms with E-state index in [9.17, 15) is 13.2 Å². The van der Waals surface area contributed by atoms with Crippen molar-refractivity contribution >= 4 is 5.69 Å². The molecule has 2 nitrogen and oxygen atoms in total. The van der Waals surface area contributed by atoms with E-state index in [1.54, 1.807) is 0 Å². The van der Waals surface area contributed by atoms with Crippen molar-refractivity contribution in [2.75, 3.05) is 0 Å².